The third-order valence-electron chi connectivity index (χ3n) is 4.34. The van der Waals surface area contributed by atoms with Crippen LogP contribution >= 0.6 is 0 Å². The van der Waals surface area contributed by atoms with Crippen LogP contribution in [0.15, 0.2) is 36.8 Å². The maximum absolute atomic E-state index is 12.5. The molecule has 0 spiro atoms. The predicted molar refractivity (Wildman–Crippen MR) is 84.5 cm³/mol. The minimum absolute atomic E-state index is 0.0373. The monoisotopic (exact) mass is 299 g/mol. The van der Waals surface area contributed by atoms with Crippen LogP contribution in [0, 0.1) is 5.92 Å². The van der Waals surface area contributed by atoms with E-state index in [4.69, 9.17) is 5.73 Å². The molecule has 6 heteroatoms. The highest BCUT2D eigenvalue weighted by molar-refractivity contribution is 5.92. The van der Waals surface area contributed by atoms with Crippen molar-refractivity contribution in [3.05, 3.63) is 36.8 Å². The lowest BCUT2D eigenvalue weighted by Gasteiger charge is -2.37. The van der Waals surface area contributed by atoms with Crippen LogP contribution in [0.4, 0.5) is 5.82 Å². The van der Waals surface area contributed by atoms with Gasteiger partial charge in [-0.3, -0.25) is 9.78 Å². The van der Waals surface area contributed by atoms with E-state index in [-0.39, 0.29) is 11.8 Å². The minimum Gasteiger partial charge on any atom is -0.325 e. The molecule has 2 atom stereocenters. The Bertz CT molecular complexity index is 650. The maximum Gasteiger partial charge on any atom is 0.230 e. The lowest BCUT2D eigenvalue weighted by Crippen LogP contribution is -2.51. The van der Waals surface area contributed by atoms with Crippen molar-refractivity contribution < 1.29 is 4.79 Å². The van der Waals surface area contributed by atoms with Gasteiger partial charge in [-0.1, -0.05) is 12.8 Å². The summed E-state index contributed by atoms with van der Waals surface area (Å²) in [4.78, 5) is 16.5. The first-order chi connectivity index (χ1) is 10.6. The van der Waals surface area contributed by atoms with Gasteiger partial charge in [0.1, 0.15) is 0 Å². The van der Waals surface area contributed by atoms with Gasteiger partial charge >= 0.3 is 0 Å². The summed E-state index contributed by atoms with van der Waals surface area (Å²) in [7, 11) is 0. The first kappa shape index (κ1) is 14.7. The van der Waals surface area contributed by atoms with Crippen LogP contribution in [0.3, 0.4) is 0 Å². The van der Waals surface area contributed by atoms with Crippen LogP contribution in [0.2, 0.25) is 0 Å². The minimum atomic E-state index is -0.435. The highest BCUT2D eigenvalue weighted by Gasteiger charge is 2.37. The molecule has 1 amide bonds. The summed E-state index contributed by atoms with van der Waals surface area (Å²) in [5.74, 6) is 0.347. The van der Waals surface area contributed by atoms with Gasteiger partial charge < -0.3 is 11.1 Å². The molecule has 2 unspecified atom stereocenters. The Labute approximate surface area is 129 Å². The van der Waals surface area contributed by atoms with Gasteiger partial charge in [-0.25, -0.2) is 4.68 Å². The topological polar surface area (TPSA) is 85.8 Å². The number of hydrogen-bond donors (Lipinski definition) is 2. The summed E-state index contributed by atoms with van der Waals surface area (Å²) in [6.07, 6.45) is 9.09. The number of hydrogen-bond acceptors (Lipinski definition) is 4. The Hall–Kier alpha value is -2.21. The van der Waals surface area contributed by atoms with Crippen molar-refractivity contribution in [2.75, 3.05) is 5.32 Å². The van der Waals surface area contributed by atoms with E-state index in [0.717, 1.165) is 31.4 Å². The average molecular weight is 299 g/mol. The summed E-state index contributed by atoms with van der Waals surface area (Å²) < 4.78 is 1.71. The second-order valence-electron chi connectivity index (χ2n) is 6.14. The average Bonchev–Trinajstić information content (AvgIpc) is 2.96. The number of rotatable bonds is 3. The zero-order valence-electron chi connectivity index (χ0n) is 12.7. The van der Waals surface area contributed by atoms with E-state index in [2.05, 4.69) is 15.4 Å². The predicted octanol–water partition coefficient (Wildman–Crippen LogP) is 2.11. The van der Waals surface area contributed by atoms with Gasteiger partial charge in [0.25, 0.3) is 0 Å². The molecule has 2 aromatic rings. The Morgan fingerprint density at radius 1 is 1.36 bits per heavy atom. The number of amides is 1. The van der Waals surface area contributed by atoms with Crippen molar-refractivity contribution in [2.24, 2.45) is 11.7 Å². The molecule has 1 fully saturated rings. The van der Waals surface area contributed by atoms with Crippen molar-refractivity contribution in [2.45, 2.75) is 38.1 Å². The zero-order chi connectivity index (χ0) is 15.6. The molecule has 0 aromatic carbocycles. The molecule has 1 saturated carbocycles. The summed E-state index contributed by atoms with van der Waals surface area (Å²) in [5.41, 5.74) is 6.74. The molecule has 116 valence electrons. The van der Waals surface area contributed by atoms with Crippen LogP contribution in [0.1, 0.15) is 32.6 Å². The fourth-order valence-electron chi connectivity index (χ4n) is 3.03. The first-order valence-corrected chi connectivity index (χ1v) is 7.62. The Balaban J connectivity index is 1.71. The molecule has 2 aromatic heterocycles. The van der Waals surface area contributed by atoms with Crippen LogP contribution in [0.25, 0.3) is 5.69 Å². The number of anilines is 1. The number of carbonyl (C=O) groups is 1. The molecule has 0 aliphatic heterocycles. The molecule has 0 saturated heterocycles. The lowest BCUT2D eigenvalue weighted by atomic mass is 9.74. The van der Waals surface area contributed by atoms with Gasteiger partial charge in [0, 0.05) is 30.2 Å². The third-order valence-corrected chi connectivity index (χ3v) is 4.34. The molecule has 22 heavy (non-hydrogen) atoms. The largest absolute Gasteiger partial charge is 0.325 e. The summed E-state index contributed by atoms with van der Waals surface area (Å²) >= 11 is 0. The second-order valence-corrected chi connectivity index (χ2v) is 6.14. The van der Waals surface area contributed by atoms with Gasteiger partial charge in [-0.2, -0.15) is 5.10 Å². The van der Waals surface area contributed by atoms with Crippen molar-refractivity contribution >= 4 is 11.7 Å². The van der Waals surface area contributed by atoms with Gasteiger partial charge in [-0.05, 0) is 31.9 Å². The fraction of sp³-hybridized carbons (Fsp3) is 0.438. The quantitative estimate of drug-likeness (QED) is 0.909. The molecule has 2 heterocycles. The Morgan fingerprint density at radius 2 is 2.14 bits per heavy atom. The number of nitrogens with two attached hydrogens (primary N) is 1. The second kappa shape index (κ2) is 5.88. The smallest absolute Gasteiger partial charge is 0.230 e. The first-order valence-electron chi connectivity index (χ1n) is 7.62. The molecule has 6 nitrogen and oxygen atoms in total. The van der Waals surface area contributed by atoms with E-state index < -0.39 is 5.54 Å². The van der Waals surface area contributed by atoms with Gasteiger partial charge in [-0.15, -0.1) is 0 Å². The summed E-state index contributed by atoms with van der Waals surface area (Å²) in [6.45, 7) is 1.96. The van der Waals surface area contributed by atoms with Gasteiger partial charge in [0.2, 0.25) is 5.91 Å². The van der Waals surface area contributed by atoms with Crippen LogP contribution in [-0.2, 0) is 4.79 Å². The van der Waals surface area contributed by atoms with Crippen molar-refractivity contribution in [3.63, 3.8) is 0 Å². The molecule has 0 bridgehead atoms. The van der Waals surface area contributed by atoms with E-state index in [0.29, 0.717) is 5.82 Å². The van der Waals surface area contributed by atoms with E-state index >= 15 is 0 Å². The van der Waals surface area contributed by atoms with Gasteiger partial charge in [0.15, 0.2) is 5.82 Å². The molecular weight excluding hydrogens is 278 g/mol. The van der Waals surface area contributed by atoms with Crippen molar-refractivity contribution in [3.8, 4) is 5.69 Å². The van der Waals surface area contributed by atoms with Crippen molar-refractivity contribution in [1.82, 2.24) is 14.8 Å². The SMILES string of the molecule is CC1(N)CCCCC1C(=O)Nc1ccn(-c2ccncc2)n1. The standard InChI is InChI=1S/C16H21N5O/c1-16(17)8-3-2-4-13(16)15(22)19-14-7-11-21(20-14)12-5-9-18-10-6-12/h5-7,9-11,13H,2-4,8,17H2,1H3,(H,19,20,22). The fourth-order valence-corrected chi connectivity index (χ4v) is 3.03. The lowest BCUT2D eigenvalue weighted by molar-refractivity contribution is -0.122. The Kier molecular flexibility index (Phi) is 3.94. The highest BCUT2D eigenvalue weighted by Crippen LogP contribution is 2.32. The number of nitrogens with zero attached hydrogens (tertiary/aromatic N) is 3. The highest BCUT2D eigenvalue weighted by atomic mass is 16.2. The van der Waals surface area contributed by atoms with E-state index in [9.17, 15) is 4.79 Å². The van der Waals surface area contributed by atoms with Crippen LogP contribution < -0.4 is 11.1 Å². The van der Waals surface area contributed by atoms with E-state index in [1.54, 1.807) is 23.1 Å². The molecule has 1 aliphatic rings. The van der Waals surface area contributed by atoms with E-state index in [1.165, 1.54) is 0 Å². The molecule has 3 N–H and O–H groups in total. The van der Waals surface area contributed by atoms with Crippen LogP contribution in [-0.4, -0.2) is 26.2 Å². The number of nitrogens with one attached hydrogen (secondary N) is 1. The molecular formula is C16H21N5O. The number of pyridine rings is 1. The molecule has 3 rings (SSSR count). The van der Waals surface area contributed by atoms with E-state index in [1.807, 2.05) is 25.3 Å². The zero-order valence-corrected chi connectivity index (χ0v) is 12.7. The number of carbonyl (C=O) groups excluding carboxylic acids is 1. The van der Waals surface area contributed by atoms with Crippen LogP contribution in [0.5, 0.6) is 0 Å². The third kappa shape index (κ3) is 3.01. The number of aromatic nitrogens is 3. The Morgan fingerprint density at radius 3 is 2.86 bits per heavy atom. The molecule has 1 aliphatic carbocycles. The summed E-state index contributed by atoms with van der Waals surface area (Å²) in [6, 6.07) is 5.50. The van der Waals surface area contributed by atoms with Gasteiger partial charge in [0.05, 0.1) is 11.6 Å². The maximum atomic E-state index is 12.5. The van der Waals surface area contributed by atoms with Crippen molar-refractivity contribution in [1.29, 1.82) is 0 Å². The summed E-state index contributed by atoms with van der Waals surface area (Å²) in [5, 5.41) is 7.27. The normalized spacial score (nSPS) is 24.9. The molecule has 0 radical (unpaired) electrons.